The highest BCUT2D eigenvalue weighted by molar-refractivity contribution is 5.21. The van der Waals surface area contributed by atoms with Crippen molar-refractivity contribution in [3.63, 3.8) is 0 Å². The van der Waals surface area contributed by atoms with Gasteiger partial charge in [0.05, 0.1) is 0 Å². The van der Waals surface area contributed by atoms with Crippen molar-refractivity contribution in [1.82, 2.24) is 0 Å². The molecule has 2 heteroatoms. The van der Waals surface area contributed by atoms with Crippen LogP contribution in [0.1, 0.15) is 20.3 Å². The molecule has 0 fully saturated rings. The fraction of sp³-hybridized carbons (Fsp3) is 0.455. The van der Waals surface area contributed by atoms with Crippen LogP contribution in [-0.4, -0.2) is 6.23 Å². The minimum atomic E-state index is -0.192. The van der Waals surface area contributed by atoms with Gasteiger partial charge in [-0.3, -0.25) is 5.73 Å². The zero-order chi connectivity index (χ0) is 9.68. The lowest BCUT2D eigenvalue weighted by molar-refractivity contribution is 0.181. The smallest absolute Gasteiger partial charge is 0.147 e. The summed E-state index contributed by atoms with van der Waals surface area (Å²) in [4.78, 5) is 0. The molecule has 0 saturated heterocycles. The van der Waals surface area contributed by atoms with Gasteiger partial charge in [-0.15, -0.1) is 0 Å². The maximum atomic E-state index is 5.78. The highest BCUT2D eigenvalue weighted by Gasteiger charge is 2.05. The molecule has 2 nitrogen and oxygen atoms in total. The van der Waals surface area contributed by atoms with Gasteiger partial charge >= 0.3 is 0 Å². The Morgan fingerprint density at radius 1 is 1.23 bits per heavy atom. The summed E-state index contributed by atoms with van der Waals surface area (Å²) in [5, 5.41) is 0. The quantitative estimate of drug-likeness (QED) is 0.720. The van der Waals surface area contributed by atoms with Gasteiger partial charge in [-0.2, -0.15) is 0 Å². The lowest BCUT2D eigenvalue weighted by Gasteiger charge is -2.15. The summed E-state index contributed by atoms with van der Waals surface area (Å²) in [6, 6.07) is 9.68. The zero-order valence-corrected chi connectivity index (χ0v) is 8.23. The maximum Gasteiger partial charge on any atom is 0.147 e. The Morgan fingerprint density at radius 2 is 1.85 bits per heavy atom. The molecule has 0 heterocycles. The van der Waals surface area contributed by atoms with Gasteiger partial charge in [-0.1, -0.05) is 32.0 Å². The summed E-state index contributed by atoms with van der Waals surface area (Å²) in [5.74, 6) is 1.41. The second-order valence-electron chi connectivity index (χ2n) is 3.60. The molecule has 0 bridgehead atoms. The molecule has 1 atom stereocenters. The van der Waals surface area contributed by atoms with Crippen molar-refractivity contribution in [2.75, 3.05) is 0 Å². The SMILES string of the molecule is CC(C)C[C@H](N)Oc1ccccc1. The van der Waals surface area contributed by atoms with Gasteiger partial charge in [0.15, 0.2) is 0 Å². The summed E-state index contributed by atoms with van der Waals surface area (Å²) in [7, 11) is 0. The van der Waals surface area contributed by atoms with Crippen LogP contribution in [0.25, 0.3) is 0 Å². The third-order valence-electron chi connectivity index (χ3n) is 1.73. The zero-order valence-electron chi connectivity index (χ0n) is 8.23. The lowest BCUT2D eigenvalue weighted by Crippen LogP contribution is -2.28. The van der Waals surface area contributed by atoms with Gasteiger partial charge in [-0.05, 0) is 18.1 Å². The van der Waals surface area contributed by atoms with E-state index in [4.69, 9.17) is 10.5 Å². The van der Waals surface area contributed by atoms with Crippen LogP contribution in [0.4, 0.5) is 0 Å². The van der Waals surface area contributed by atoms with Crippen LogP contribution in [0.15, 0.2) is 30.3 Å². The number of para-hydroxylation sites is 1. The molecule has 72 valence electrons. The monoisotopic (exact) mass is 179 g/mol. The van der Waals surface area contributed by atoms with Gasteiger partial charge in [0.2, 0.25) is 0 Å². The fourth-order valence-corrected chi connectivity index (χ4v) is 1.19. The molecule has 0 aliphatic rings. The van der Waals surface area contributed by atoms with Gasteiger partial charge in [-0.25, -0.2) is 0 Å². The summed E-state index contributed by atoms with van der Waals surface area (Å²) >= 11 is 0. The number of hydrogen-bond acceptors (Lipinski definition) is 2. The molecular weight excluding hydrogens is 162 g/mol. The molecule has 1 aromatic rings. The molecule has 0 aromatic heterocycles. The molecule has 0 amide bonds. The van der Waals surface area contributed by atoms with Gasteiger partial charge in [0.25, 0.3) is 0 Å². The first-order valence-corrected chi connectivity index (χ1v) is 4.66. The Balaban J connectivity index is 2.41. The molecule has 0 radical (unpaired) electrons. The Hall–Kier alpha value is -1.02. The summed E-state index contributed by atoms with van der Waals surface area (Å²) in [6.45, 7) is 4.27. The molecule has 0 aliphatic heterocycles. The second kappa shape index (κ2) is 4.87. The van der Waals surface area contributed by atoms with Crippen LogP contribution >= 0.6 is 0 Å². The van der Waals surface area contributed by atoms with Crippen LogP contribution < -0.4 is 10.5 Å². The predicted octanol–water partition coefficient (Wildman–Crippen LogP) is 2.40. The van der Waals surface area contributed by atoms with Crippen LogP contribution in [0, 0.1) is 5.92 Å². The van der Waals surface area contributed by atoms with Gasteiger partial charge < -0.3 is 4.74 Å². The molecule has 1 aromatic carbocycles. The minimum Gasteiger partial charge on any atom is -0.476 e. The van der Waals surface area contributed by atoms with Crippen molar-refractivity contribution in [2.45, 2.75) is 26.5 Å². The predicted molar refractivity (Wildman–Crippen MR) is 54.5 cm³/mol. The van der Waals surface area contributed by atoms with Crippen molar-refractivity contribution in [1.29, 1.82) is 0 Å². The standard InChI is InChI=1S/C11H17NO/c1-9(2)8-11(12)13-10-6-4-3-5-7-10/h3-7,9,11H,8,12H2,1-2H3/t11-/m1/s1. The van der Waals surface area contributed by atoms with E-state index in [1.54, 1.807) is 0 Å². The van der Waals surface area contributed by atoms with E-state index in [9.17, 15) is 0 Å². The largest absolute Gasteiger partial charge is 0.476 e. The van der Waals surface area contributed by atoms with E-state index < -0.39 is 0 Å². The lowest BCUT2D eigenvalue weighted by atomic mass is 10.1. The fourth-order valence-electron chi connectivity index (χ4n) is 1.19. The minimum absolute atomic E-state index is 0.192. The van der Waals surface area contributed by atoms with E-state index >= 15 is 0 Å². The van der Waals surface area contributed by atoms with Crippen molar-refractivity contribution in [3.8, 4) is 5.75 Å². The summed E-state index contributed by atoms with van der Waals surface area (Å²) < 4.78 is 5.50. The first-order valence-electron chi connectivity index (χ1n) is 4.66. The third kappa shape index (κ3) is 3.95. The average Bonchev–Trinajstić information content (AvgIpc) is 2.04. The van der Waals surface area contributed by atoms with Gasteiger partial charge in [0, 0.05) is 6.42 Å². The number of benzene rings is 1. The van der Waals surface area contributed by atoms with Crippen LogP contribution in [0.3, 0.4) is 0 Å². The highest BCUT2D eigenvalue weighted by atomic mass is 16.5. The van der Waals surface area contributed by atoms with E-state index in [0.29, 0.717) is 5.92 Å². The van der Waals surface area contributed by atoms with E-state index in [0.717, 1.165) is 12.2 Å². The molecule has 1 rings (SSSR count). The van der Waals surface area contributed by atoms with Crippen LogP contribution in [0.2, 0.25) is 0 Å². The topological polar surface area (TPSA) is 35.2 Å². The molecular formula is C11H17NO. The average molecular weight is 179 g/mol. The van der Waals surface area contributed by atoms with Crippen LogP contribution in [-0.2, 0) is 0 Å². The summed E-state index contributed by atoms with van der Waals surface area (Å²) in [6.07, 6.45) is 0.692. The number of rotatable bonds is 4. The molecule has 2 N–H and O–H groups in total. The Labute approximate surface area is 79.7 Å². The van der Waals surface area contributed by atoms with Crippen molar-refractivity contribution in [3.05, 3.63) is 30.3 Å². The second-order valence-corrected chi connectivity index (χ2v) is 3.60. The Kier molecular flexibility index (Phi) is 3.77. The molecule has 13 heavy (non-hydrogen) atoms. The first kappa shape index (κ1) is 10.1. The maximum absolute atomic E-state index is 5.78. The van der Waals surface area contributed by atoms with Crippen molar-refractivity contribution in [2.24, 2.45) is 11.7 Å². The van der Waals surface area contributed by atoms with E-state index in [1.807, 2.05) is 30.3 Å². The number of hydrogen-bond donors (Lipinski definition) is 1. The Morgan fingerprint density at radius 3 is 2.38 bits per heavy atom. The molecule has 0 saturated carbocycles. The van der Waals surface area contributed by atoms with Gasteiger partial charge in [0.1, 0.15) is 12.0 Å². The third-order valence-corrected chi connectivity index (χ3v) is 1.73. The van der Waals surface area contributed by atoms with Crippen LogP contribution in [0.5, 0.6) is 5.75 Å². The highest BCUT2D eigenvalue weighted by Crippen LogP contribution is 2.12. The first-order chi connectivity index (χ1) is 6.18. The molecule has 0 unspecified atom stereocenters. The number of ether oxygens (including phenoxy) is 1. The van der Waals surface area contributed by atoms with Crippen molar-refractivity contribution >= 4 is 0 Å². The Bertz CT molecular complexity index is 233. The number of nitrogens with two attached hydrogens (primary N) is 1. The summed E-state index contributed by atoms with van der Waals surface area (Å²) in [5.41, 5.74) is 5.78. The van der Waals surface area contributed by atoms with E-state index in [1.165, 1.54) is 0 Å². The van der Waals surface area contributed by atoms with E-state index in [2.05, 4.69) is 13.8 Å². The van der Waals surface area contributed by atoms with E-state index in [-0.39, 0.29) is 6.23 Å². The molecule has 0 aliphatic carbocycles. The van der Waals surface area contributed by atoms with Crippen molar-refractivity contribution < 1.29 is 4.74 Å². The normalized spacial score (nSPS) is 12.9. The molecule has 0 spiro atoms.